The average Bonchev–Trinajstić information content (AvgIpc) is 2.25. The van der Waals surface area contributed by atoms with Crippen molar-refractivity contribution < 1.29 is 14.3 Å². The van der Waals surface area contributed by atoms with Crippen molar-refractivity contribution in [2.75, 3.05) is 13.2 Å². The number of hydrogen-bond acceptors (Lipinski definition) is 5. The van der Waals surface area contributed by atoms with Crippen molar-refractivity contribution in [3.05, 3.63) is 28.3 Å². The molecule has 1 rings (SSSR count). The first-order valence-corrected chi connectivity index (χ1v) is 5.94. The van der Waals surface area contributed by atoms with Gasteiger partial charge in [-0.05, 0) is 27.7 Å². The molecule has 0 spiro atoms. The minimum absolute atomic E-state index is 0.0543. The van der Waals surface area contributed by atoms with Crippen LogP contribution in [0.5, 0.6) is 5.75 Å². The molecule has 0 fully saturated rings. The first-order valence-electron chi connectivity index (χ1n) is 5.94. The number of aliphatic hydroxyl groups excluding tert-OH is 1. The SMILES string of the molecule is Cc1occc(=O)c1OCC(O)CNC(C)(C)C. The van der Waals surface area contributed by atoms with Crippen LogP contribution in [0.4, 0.5) is 0 Å². The van der Waals surface area contributed by atoms with Crippen molar-refractivity contribution in [1.82, 2.24) is 5.32 Å². The van der Waals surface area contributed by atoms with Crippen molar-refractivity contribution in [2.45, 2.75) is 39.3 Å². The van der Waals surface area contributed by atoms with Crippen LogP contribution in [-0.2, 0) is 0 Å². The molecule has 0 aliphatic rings. The fraction of sp³-hybridized carbons (Fsp3) is 0.615. The van der Waals surface area contributed by atoms with Gasteiger partial charge in [0.2, 0.25) is 11.2 Å². The van der Waals surface area contributed by atoms with Crippen LogP contribution >= 0.6 is 0 Å². The molecular formula is C13H21NO4. The highest BCUT2D eigenvalue weighted by molar-refractivity contribution is 5.23. The van der Waals surface area contributed by atoms with Gasteiger partial charge in [0.25, 0.3) is 0 Å². The summed E-state index contributed by atoms with van der Waals surface area (Å²) in [5.74, 6) is 0.575. The normalized spacial score (nSPS) is 13.4. The lowest BCUT2D eigenvalue weighted by Gasteiger charge is -2.22. The van der Waals surface area contributed by atoms with E-state index in [1.165, 1.54) is 12.3 Å². The summed E-state index contributed by atoms with van der Waals surface area (Å²) >= 11 is 0. The summed E-state index contributed by atoms with van der Waals surface area (Å²) in [6, 6.07) is 1.29. The Morgan fingerprint density at radius 2 is 2.17 bits per heavy atom. The van der Waals surface area contributed by atoms with Crippen LogP contribution in [0.15, 0.2) is 21.5 Å². The van der Waals surface area contributed by atoms with Crippen LogP contribution in [0.3, 0.4) is 0 Å². The Labute approximate surface area is 107 Å². The number of β-amino-alcohol motifs (C(OH)–C–C–N with tert-alkyl or cyclic N) is 1. The molecule has 0 aromatic carbocycles. The lowest BCUT2D eigenvalue weighted by molar-refractivity contribution is 0.0977. The van der Waals surface area contributed by atoms with E-state index in [1.54, 1.807) is 6.92 Å². The summed E-state index contributed by atoms with van der Waals surface area (Å²) in [4.78, 5) is 11.5. The van der Waals surface area contributed by atoms with E-state index in [9.17, 15) is 9.90 Å². The van der Waals surface area contributed by atoms with Gasteiger partial charge in [-0.1, -0.05) is 0 Å². The molecule has 1 unspecified atom stereocenters. The Kier molecular flexibility index (Phi) is 4.93. The molecule has 1 heterocycles. The van der Waals surface area contributed by atoms with Crippen molar-refractivity contribution in [3.8, 4) is 5.75 Å². The Hall–Kier alpha value is -1.33. The summed E-state index contributed by atoms with van der Waals surface area (Å²) in [5.41, 5.74) is -0.308. The van der Waals surface area contributed by atoms with Gasteiger partial charge in [0, 0.05) is 18.2 Å². The second-order valence-corrected chi connectivity index (χ2v) is 5.27. The molecule has 1 atom stereocenters. The van der Waals surface area contributed by atoms with E-state index in [4.69, 9.17) is 9.15 Å². The monoisotopic (exact) mass is 255 g/mol. The van der Waals surface area contributed by atoms with Gasteiger partial charge in [0.1, 0.15) is 18.5 Å². The predicted molar refractivity (Wildman–Crippen MR) is 69.0 cm³/mol. The third-order valence-corrected chi connectivity index (χ3v) is 2.30. The molecule has 0 aliphatic carbocycles. The van der Waals surface area contributed by atoms with Crippen LogP contribution in [0.25, 0.3) is 0 Å². The zero-order chi connectivity index (χ0) is 13.8. The van der Waals surface area contributed by atoms with Gasteiger partial charge in [-0.25, -0.2) is 0 Å². The molecule has 0 radical (unpaired) electrons. The van der Waals surface area contributed by atoms with E-state index in [2.05, 4.69) is 5.32 Å². The van der Waals surface area contributed by atoms with Gasteiger partial charge in [-0.3, -0.25) is 4.79 Å². The highest BCUT2D eigenvalue weighted by atomic mass is 16.5. The molecule has 2 N–H and O–H groups in total. The molecule has 102 valence electrons. The van der Waals surface area contributed by atoms with Crippen molar-refractivity contribution in [1.29, 1.82) is 0 Å². The zero-order valence-electron chi connectivity index (χ0n) is 11.3. The van der Waals surface area contributed by atoms with Crippen LogP contribution in [0, 0.1) is 6.92 Å². The summed E-state index contributed by atoms with van der Waals surface area (Å²) in [6.07, 6.45) is 0.644. The van der Waals surface area contributed by atoms with Crippen molar-refractivity contribution >= 4 is 0 Å². The number of nitrogens with one attached hydrogen (secondary N) is 1. The van der Waals surface area contributed by atoms with E-state index in [0.717, 1.165) is 0 Å². The number of hydrogen-bond donors (Lipinski definition) is 2. The smallest absolute Gasteiger partial charge is 0.226 e. The minimum atomic E-state index is -0.678. The van der Waals surface area contributed by atoms with Crippen LogP contribution in [-0.4, -0.2) is 29.9 Å². The average molecular weight is 255 g/mol. The quantitative estimate of drug-likeness (QED) is 0.823. The Bertz CT molecular complexity index is 433. The maximum absolute atomic E-state index is 11.5. The van der Waals surface area contributed by atoms with E-state index in [-0.39, 0.29) is 23.3 Å². The Morgan fingerprint density at radius 1 is 1.50 bits per heavy atom. The first-order chi connectivity index (χ1) is 8.29. The summed E-state index contributed by atoms with van der Waals surface area (Å²) in [7, 11) is 0. The second-order valence-electron chi connectivity index (χ2n) is 5.27. The van der Waals surface area contributed by atoms with Gasteiger partial charge in [0.05, 0.1) is 6.26 Å². The molecule has 18 heavy (non-hydrogen) atoms. The molecular weight excluding hydrogens is 234 g/mol. The second kappa shape index (κ2) is 6.02. The third kappa shape index (κ3) is 4.89. The predicted octanol–water partition coefficient (Wildman–Crippen LogP) is 1.08. The van der Waals surface area contributed by atoms with Crippen LogP contribution in [0.2, 0.25) is 0 Å². The molecule has 1 aromatic heterocycles. The molecule has 0 saturated heterocycles. The number of aliphatic hydroxyl groups is 1. The van der Waals surface area contributed by atoms with E-state index >= 15 is 0 Å². The molecule has 5 heteroatoms. The number of rotatable bonds is 5. The first kappa shape index (κ1) is 14.7. The molecule has 5 nitrogen and oxygen atoms in total. The summed E-state index contributed by atoms with van der Waals surface area (Å²) in [6.45, 7) is 8.14. The van der Waals surface area contributed by atoms with E-state index in [0.29, 0.717) is 12.3 Å². The molecule has 0 bridgehead atoms. The van der Waals surface area contributed by atoms with E-state index in [1.807, 2.05) is 20.8 Å². The zero-order valence-corrected chi connectivity index (χ0v) is 11.3. The molecule has 0 aliphatic heterocycles. The Morgan fingerprint density at radius 3 is 2.72 bits per heavy atom. The molecule has 0 saturated carbocycles. The fourth-order valence-electron chi connectivity index (χ4n) is 1.34. The maximum Gasteiger partial charge on any atom is 0.226 e. The van der Waals surface area contributed by atoms with Gasteiger partial charge in [-0.2, -0.15) is 0 Å². The van der Waals surface area contributed by atoms with Crippen LogP contribution < -0.4 is 15.5 Å². The largest absolute Gasteiger partial charge is 0.484 e. The Balaban J connectivity index is 2.48. The third-order valence-electron chi connectivity index (χ3n) is 2.30. The van der Waals surface area contributed by atoms with Crippen molar-refractivity contribution in [3.63, 3.8) is 0 Å². The summed E-state index contributed by atoms with van der Waals surface area (Å²) < 4.78 is 10.4. The highest BCUT2D eigenvalue weighted by Gasteiger charge is 2.14. The van der Waals surface area contributed by atoms with Gasteiger partial charge in [-0.15, -0.1) is 0 Å². The molecule has 1 aromatic rings. The van der Waals surface area contributed by atoms with Crippen LogP contribution in [0.1, 0.15) is 26.5 Å². The maximum atomic E-state index is 11.5. The number of aryl methyl sites for hydroxylation is 1. The highest BCUT2D eigenvalue weighted by Crippen LogP contribution is 2.10. The van der Waals surface area contributed by atoms with E-state index < -0.39 is 6.10 Å². The fourth-order valence-corrected chi connectivity index (χ4v) is 1.34. The molecule has 0 amide bonds. The van der Waals surface area contributed by atoms with Gasteiger partial charge >= 0.3 is 0 Å². The minimum Gasteiger partial charge on any atom is -0.484 e. The number of ether oxygens (including phenoxy) is 1. The van der Waals surface area contributed by atoms with Gasteiger partial charge < -0.3 is 19.6 Å². The topological polar surface area (TPSA) is 71.7 Å². The summed E-state index contributed by atoms with van der Waals surface area (Å²) in [5, 5.41) is 12.9. The standard InChI is InChI=1S/C13H21NO4/c1-9-12(11(16)5-6-17-9)18-8-10(15)7-14-13(2,3)4/h5-6,10,14-15H,7-8H2,1-4H3. The lowest BCUT2D eigenvalue weighted by atomic mass is 10.1. The van der Waals surface area contributed by atoms with Crippen molar-refractivity contribution in [2.24, 2.45) is 0 Å². The van der Waals surface area contributed by atoms with Gasteiger partial charge in [0.15, 0.2) is 0 Å². The lowest BCUT2D eigenvalue weighted by Crippen LogP contribution is -2.42.